The molecule has 2 heterocycles. The van der Waals surface area contributed by atoms with E-state index >= 15 is 0 Å². The molecule has 0 radical (unpaired) electrons. The Kier molecular flexibility index (Phi) is 9.42. The van der Waals surface area contributed by atoms with E-state index in [1.165, 1.54) is 20.8 Å². The number of amides is 1. The number of piperidine rings is 1. The molecule has 3 aromatic rings. The van der Waals surface area contributed by atoms with Gasteiger partial charge < -0.3 is 29.1 Å². The molecule has 0 aliphatic carbocycles. The number of carbonyl (C=O) groups excluding carboxylic acids is 1. The number of sulfonamides is 1. The third-order valence-electron chi connectivity index (χ3n) is 7.36. The normalized spacial score (nSPS) is 19.3. The van der Waals surface area contributed by atoms with Crippen LogP contribution >= 0.6 is 0 Å². The van der Waals surface area contributed by atoms with Gasteiger partial charge >= 0.3 is 24.8 Å². The average Bonchev–Trinajstić information content (AvgIpc) is 2.98. The standard InChI is InChI=1S/C31H26F9N3O7S/c1-28(2,3)50-27(45)42-14-20(41-51(46,47)19-8-6-18(7-9-19)49-31(38,39)40)26(44)23(15-42)43-21-10-4-16(29(32,33)34)12-24(21)48-25-13-17(30(35,36)37)5-11-22(25)43/h4-13,23,26,44H,14-15H2,1-3H3/b41-20+/t23-,26-/m0/s1. The molecule has 5 rings (SSSR count). The first-order valence-electron chi connectivity index (χ1n) is 14.6. The molecule has 20 heteroatoms. The van der Waals surface area contributed by atoms with Gasteiger partial charge in [0, 0.05) is 6.54 Å². The number of carbonyl (C=O) groups is 1. The molecule has 1 fully saturated rings. The minimum atomic E-state index is -5.08. The molecule has 2 atom stereocenters. The van der Waals surface area contributed by atoms with E-state index < -0.39 is 105 Å². The number of aliphatic hydroxyl groups excluding tert-OH is 1. The first kappa shape index (κ1) is 37.5. The van der Waals surface area contributed by atoms with Crippen LogP contribution in [0.15, 0.2) is 70.0 Å². The van der Waals surface area contributed by atoms with Gasteiger partial charge in [-0.25, -0.2) is 4.79 Å². The summed E-state index contributed by atoms with van der Waals surface area (Å²) < 4.78 is 165. The smallest absolute Gasteiger partial charge is 0.453 e. The Balaban J connectivity index is 1.64. The van der Waals surface area contributed by atoms with E-state index in [2.05, 4.69) is 9.13 Å². The lowest BCUT2D eigenvalue weighted by molar-refractivity contribution is -0.274. The summed E-state index contributed by atoms with van der Waals surface area (Å²) in [6.45, 7) is 3.32. The molecule has 0 bridgehead atoms. The maximum absolute atomic E-state index is 13.7. The van der Waals surface area contributed by atoms with Gasteiger partial charge in [-0.05, 0) is 81.4 Å². The fraction of sp³-hybridized carbons (Fsp3) is 0.355. The summed E-state index contributed by atoms with van der Waals surface area (Å²) in [5.41, 5.74) is -4.58. The number of aliphatic hydroxyl groups is 1. The minimum absolute atomic E-state index is 0.201. The van der Waals surface area contributed by atoms with E-state index in [1.54, 1.807) is 0 Å². The molecule has 51 heavy (non-hydrogen) atoms. The highest BCUT2D eigenvalue weighted by Gasteiger charge is 2.45. The van der Waals surface area contributed by atoms with Crippen molar-refractivity contribution in [2.24, 2.45) is 4.40 Å². The van der Waals surface area contributed by atoms with Crippen LogP contribution in [0.1, 0.15) is 31.9 Å². The van der Waals surface area contributed by atoms with Gasteiger partial charge in [-0.1, -0.05) is 0 Å². The zero-order valence-corrected chi connectivity index (χ0v) is 27.2. The maximum Gasteiger partial charge on any atom is 0.573 e. The average molecular weight is 756 g/mol. The van der Waals surface area contributed by atoms with Crippen LogP contribution in [0.2, 0.25) is 0 Å². The Hall–Kier alpha value is -4.72. The van der Waals surface area contributed by atoms with Gasteiger partial charge in [0.25, 0.3) is 10.0 Å². The Morgan fingerprint density at radius 3 is 1.80 bits per heavy atom. The first-order valence-corrected chi connectivity index (χ1v) is 16.0. The van der Waals surface area contributed by atoms with Gasteiger partial charge in [-0.3, -0.25) is 0 Å². The molecule has 0 aromatic heterocycles. The van der Waals surface area contributed by atoms with Gasteiger partial charge in [0.15, 0.2) is 11.5 Å². The van der Waals surface area contributed by atoms with Crippen LogP contribution in [-0.4, -0.2) is 67.4 Å². The molecule has 1 N–H and O–H groups in total. The fourth-order valence-corrected chi connectivity index (χ4v) is 6.30. The Labute approximate surface area is 283 Å². The lowest BCUT2D eigenvalue weighted by Crippen LogP contribution is -2.61. The second-order valence-corrected chi connectivity index (χ2v) is 13.9. The zero-order chi connectivity index (χ0) is 37.9. The molecule has 2 aliphatic rings. The predicted octanol–water partition coefficient (Wildman–Crippen LogP) is 7.68. The van der Waals surface area contributed by atoms with Crippen LogP contribution in [0, 0.1) is 0 Å². The summed E-state index contributed by atoms with van der Waals surface area (Å²) in [4.78, 5) is 14.7. The molecule has 0 spiro atoms. The molecule has 276 valence electrons. The highest BCUT2D eigenvalue weighted by Crippen LogP contribution is 2.51. The van der Waals surface area contributed by atoms with Crippen LogP contribution in [0.25, 0.3) is 0 Å². The van der Waals surface area contributed by atoms with E-state index in [1.807, 2.05) is 0 Å². The van der Waals surface area contributed by atoms with E-state index in [0.717, 1.165) is 34.1 Å². The predicted molar refractivity (Wildman–Crippen MR) is 160 cm³/mol. The monoisotopic (exact) mass is 755 g/mol. The third-order valence-corrected chi connectivity index (χ3v) is 8.70. The number of halogens is 9. The van der Waals surface area contributed by atoms with E-state index in [0.29, 0.717) is 36.4 Å². The number of anilines is 2. The van der Waals surface area contributed by atoms with Crippen molar-refractivity contribution in [1.82, 2.24) is 4.90 Å². The number of fused-ring (bicyclic) bond motifs is 2. The number of benzene rings is 3. The topological polar surface area (TPSA) is 118 Å². The molecule has 10 nitrogen and oxygen atoms in total. The molecular formula is C31H26F9N3O7S. The molecule has 0 unspecified atom stereocenters. The summed E-state index contributed by atoms with van der Waals surface area (Å²) in [5.74, 6) is -1.91. The molecule has 1 saturated heterocycles. The SMILES string of the molecule is CC(C)(C)OC(=O)N1C/C(=N\S(=O)(=O)c2ccc(OC(F)(F)F)cc2)[C@H](O)[C@@H](N2c3ccc(C(F)(F)F)cc3Oc3cc(C(F)(F)F)ccc32)C1. The fourth-order valence-electron chi connectivity index (χ4n) is 5.24. The number of rotatable bonds is 4. The van der Waals surface area contributed by atoms with Crippen molar-refractivity contribution < 1.29 is 72.0 Å². The molecule has 2 aliphatic heterocycles. The lowest BCUT2D eigenvalue weighted by atomic mass is 9.96. The molecule has 0 saturated carbocycles. The number of ether oxygens (including phenoxy) is 3. The lowest BCUT2D eigenvalue weighted by Gasteiger charge is -2.45. The number of hydrogen-bond donors (Lipinski definition) is 1. The van der Waals surface area contributed by atoms with Crippen molar-refractivity contribution in [2.75, 3.05) is 18.0 Å². The van der Waals surface area contributed by atoms with Gasteiger partial charge in [0.1, 0.15) is 17.5 Å². The third kappa shape index (κ3) is 8.43. The van der Waals surface area contributed by atoms with E-state index in [4.69, 9.17) is 9.47 Å². The number of hydrogen-bond acceptors (Lipinski definition) is 8. The molecule has 3 aromatic carbocycles. The molecule has 1 amide bonds. The van der Waals surface area contributed by atoms with Gasteiger partial charge in [0.2, 0.25) is 0 Å². The summed E-state index contributed by atoms with van der Waals surface area (Å²) in [6, 6.07) is 5.53. The van der Waals surface area contributed by atoms with E-state index in [-0.39, 0.29) is 11.4 Å². The second kappa shape index (κ2) is 12.8. The van der Waals surface area contributed by atoms with Gasteiger partial charge in [-0.2, -0.15) is 39.2 Å². The van der Waals surface area contributed by atoms with Crippen molar-refractivity contribution in [1.29, 1.82) is 0 Å². The zero-order valence-electron chi connectivity index (χ0n) is 26.4. The quantitative estimate of drug-likeness (QED) is 0.270. The van der Waals surface area contributed by atoms with Crippen molar-refractivity contribution in [2.45, 2.75) is 62.1 Å². The van der Waals surface area contributed by atoms with Crippen molar-refractivity contribution >= 4 is 33.2 Å². The number of nitrogens with zero attached hydrogens (tertiary/aromatic N) is 3. The summed E-state index contributed by atoms with van der Waals surface area (Å²) >= 11 is 0. The Morgan fingerprint density at radius 2 is 1.35 bits per heavy atom. The highest BCUT2D eigenvalue weighted by molar-refractivity contribution is 7.90. The van der Waals surface area contributed by atoms with Crippen LogP contribution < -0.4 is 14.4 Å². The number of alkyl halides is 9. The first-order chi connectivity index (χ1) is 23.3. The van der Waals surface area contributed by atoms with Gasteiger partial charge in [0.05, 0.1) is 45.7 Å². The summed E-state index contributed by atoms with van der Waals surface area (Å²) in [7, 11) is -4.84. The van der Waals surface area contributed by atoms with Crippen LogP contribution in [-0.2, 0) is 27.1 Å². The number of likely N-dealkylation sites (tertiary alicyclic amines) is 1. The van der Waals surface area contributed by atoms with E-state index in [9.17, 15) is 57.8 Å². The maximum atomic E-state index is 13.7. The summed E-state index contributed by atoms with van der Waals surface area (Å²) in [5, 5.41) is 11.7. The van der Waals surface area contributed by atoms with Crippen molar-refractivity contribution in [3.05, 3.63) is 71.8 Å². The highest BCUT2D eigenvalue weighted by atomic mass is 32.2. The van der Waals surface area contributed by atoms with Crippen LogP contribution in [0.5, 0.6) is 17.2 Å². The molecular weight excluding hydrogens is 729 g/mol. The van der Waals surface area contributed by atoms with Crippen LogP contribution in [0.4, 0.5) is 55.7 Å². The second-order valence-electron chi connectivity index (χ2n) is 12.3. The van der Waals surface area contributed by atoms with Crippen LogP contribution in [0.3, 0.4) is 0 Å². The minimum Gasteiger partial charge on any atom is -0.453 e. The largest absolute Gasteiger partial charge is 0.573 e. The summed E-state index contributed by atoms with van der Waals surface area (Å²) in [6.07, 6.45) is -17.9. The Morgan fingerprint density at radius 1 is 0.843 bits per heavy atom. The Bertz CT molecular complexity index is 1890. The van der Waals surface area contributed by atoms with Crippen molar-refractivity contribution in [3.8, 4) is 17.2 Å². The van der Waals surface area contributed by atoms with Crippen molar-refractivity contribution in [3.63, 3.8) is 0 Å². The van der Waals surface area contributed by atoms with Gasteiger partial charge in [-0.15, -0.1) is 13.2 Å².